The molecule has 2 rings (SSSR count). The van der Waals surface area contributed by atoms with Gasteiger partial charge in [0.05, 0.1) is 19.3 Å². The van der Waals surface area contributed by atoms with E-state index >= 15 is 0 Å². The van der Waals surface area contributed by atoms with Gasteiger partial charge in [-0.1, -0.05) is 0 Å². The monoisotopic (exact) mass is 228 g/mol. The molecule has 1 amide bonds. The highest BCUT2D eigenvalue weighted by Gasteiger charge is 2.26. The maximum atomic E-state index is 11.4. The van der Waals surface area contributed by atoms with E-state index in [1.165, 1.54) is 0 Å². The van der Waals surface area contributed by atoms with Crippen LogP contribution in [0.1, 0.15) is 19.8 Å². The van der Waals surface area contributed by atoms with Crippen LogP contribution >= 0.6 is 0 Å². The van der Waals surface area contributed by atoms with Gasteiger partial charge in [-0.3, -0.25) is 9.69 Å². The summed E-state index contributed by atoms with van der Waals surface area (Å²) in [7, 11) is 0. The van der Waals surface area contributed by atoms with Crippen molar-refractivity contribution >= 4 is 5.91 Å². The molecular formula is C11H20N2O3. The molecule has 1 atom stereocenters. The van der Waals surface area contributed by atoms with Crippen molar-refractivity contribution in [3.63, 3.8) is 0 Å². The summed E-state index contributed by atoms with van der Waals surface area (Å²) >= 11 is 0. The molecule has 2 saturated heterocycles. The number of piperazine rings is 1. The summed E-state index contributed by atoms with van der Waals surface area (Å²) in [4.78, 5) is 13.6. The van der Waals surface area contributed by atoms with Crippen LogP contribution in [0.5, 0.6) is 0 Å². The van der Waals surface area contributed by atoms with Crippen molar-refractivity contribution in [2.45, 2.75) is 32.1 Å². The number of nitrogens with one attached hydrogen (secondary N) is 1. The standard InChI is InChI=1S/C11H20N2O3/c1-9-11(14)12-4-6-13(9)5-3-10-15-7-2-8-16-10/h9-10H,2-8H2,1H3,(H,12,14). The number of amides is 1. The molecule has 5 heteroatoms. The summed E-state index contributed by atoms with van der Waals surface area (Å²) in [6.45, 7) is 6.05. The molecule has 5 nitrogen and oxygen atoms in total. The fraction of sp³-hybridized carbons (Fsp3) is 0.909. The normalized spacial score (nSPS) is 29.1. The van der Waals surface area contributed by atoms with Crippen molar-refractivity contribution in [2.75, 3.05) is 32.8 Å². The molecule has 2 fully saturated rings. The molecule has 0 spiro atoms. The summed E-state index contributed by atoms with van der Waals surface area (Å²) in [6, 6.07) is -0.0302. The maximum Gasteiger partial charge on any atom is 0.237 e. The van der Waals surface area contributed by atoms with Gasteiger partial charge in [0.25, 0.3) is 0 Å². The van der Waals surface area contributed by atoms with Gasteiger partial charge < -0.3 is 14.8 Å². The second-order valence-electron chi connectivity index (χ2n) is 4.32. The highest BCUT2D eigenvalue weighted by Crippen LogP contribution is 2.11. The van der Waals surface area contributed by atoms with E-state index in [9.17, 15) is 4.79 Å². The van der Waals surface area contributed by atoms with Crippen LogP contribution in [-0.4, -0.2) is 56.0 Å². The highest BCUT2D eigenvalue weighted by molar-refractivity contribution is 5.81. The molecular weight excluding hydrogens is 208 g/mol. The van der Waals surface area contributed by atoms with E-state index in [2.05, 4.69) is 10.2 Å². The van der Waals surface area contributed by atoms with Crippen LogP contribution in [0.25, 0.3) is 0 Å². The van der Waals surface area contributed by atoms with Crippen molar-refractivity contribution in [1.82, 2.24) is 10.2 Å². The second-order valence-corrected chi connectivity index (χ2v) is 4.32. The topological polar surface area (TPSA) is 50.8 Å². The third-order valence-corrected chi connectivity index (χ3v) is 3.17. The largest absolute Gasteiger partial charge is 0.353 e. The lowest BCUT2D eigenvalue weighted by Gasteiger charge is -2.34. The van der Waals surface area contributed by atoms with Crippen LogP contribution in [0.15, 0.2) is 0 Å². The van der Waals surface area contributed by atoms with Gasteiger partial charge in [-0.05, 0) is 13.3 Å². The van der Waals surface area contributed by atoms with Gasteiger partial charge in [0.1, 0.15) is 0 Å². The van der Waals surface area contributed by atoms with Gasteiger partial charge in [-0.15, -0.1) is 0 Å². The number of hydrogen-bond acceptors (Lipinski definition) is 4. The molecule has 0 saturated carbocycles. The Bertz CT molecular complexity index is 241. The van der Waals surface area contributed by atoms with Gasteiger partial charge in [-0.2, -0.15) is 0 Å². The van der Waals surface area contributed by atoms with Gasteiger partial charge in [0.15, 0.2) is 6.29 Å². The average Bonchev–Trinajstić information content (AvgIpc) is 2.32. The Balaban J connectivity index is 1.73. The predicted octanol–water partition coefficient (Wildman–Crippen LogP) is -0.0402. The molecule has 0 aromatic heterocycles. The first kappa shape index (κ1) is 11.8. The van der Waals surface area contributed by atoms with E-state index in [1.807, 2.05) is 6.92 Å². The number of carbonyl (C=O) groups excluding carboxylic acids is 1. The number of carbonyl (C=O) groups is 1. The molecule has 92 valence electrons. The average molecular weight is 228 g/mol. The molecule has 0 radical (unpaired) electrons. The minimum atomic E-state index is -0.0778. The SMILES string of the molecule is CC1C(=O)NCCN1CCC1OCCCO1. The Labute approximate surface area is 96.1 Å². The lowest BCUT2D eigenvalue weighted by molar-refractivity contribution is -0.183. The second kappa shape index (κ2) is 5.61. The lowest BCUT2D eigenvalue weighted by Crippen LogP contribution is -2.54. The molecule has 0 aromatic rings. The first-order valence-electron chi connectivity index (χ1n) is 6.02. The third-order valence-electron chi connectivity index (χ3n) is 3.17. The van der Waals surface area contributed by atoms with Crippen LogP contribution in [0, 0.1) is 0 Å². The molecule has 0 bridgehead atoms. The Morgan fingerprint density at radius 1 is 1.44 bits per heavy atom. The Morgan fingerprint density at radius 3 is 2.94 bits per heavy atom. The minimum absolute atomic E-state index is 0.0302. The summed E-state index contributed by atoms with van der Waals surface area (Å²) in [6.07, 6.45) is 1.75. The van der Waals surface area contributed by atoms with Crippen molar-refractivity contribution < 1.29 is 14.3 Å². The fourth-order valence-corrected chi connectivity index (χ4v) is 2.11. The first-order chi connectivity index (χ1) is 7.77. The number of ether oxygens (including phenoxy) is 2. The van der Waals surface area contributed by atoms with Crippen LogP contribution in [0.4, 0.5) is 0 Å². The Morgan fingerprint density at radius 2 is 2.19 bits per heavy atom. The van der Waals surface area contributed by atoms with Crippen molar-refractivity contribution in [2.24, 2.45) is 0 Å². The van der Waals surface area contributed by atoms with Crippen LogP contribution in [0.2, 0.25) is 0 Å². The highest BCUT2D eigenvalue weighted by atomic mass is 16.7. The van der Waals surface area contributed by atoms with E-state index in [1.54, 1.807) is 0 Å². The molecule has 2 heterocycles. The predicted molar refractivity (Wildman–Crippen MR) is 59.0 cm³/mol. The molecule has 1 N–H and O–H groups in total. The zero-order chi connectivity index (χ0) is 11.4. The van der Waals surface area contributed by atoms with Crippen LogP contribution in [0.3, 0.4) is 0 Å². The van der Waals surface area contributed by atoms with Gasteiger partial charge in [-0.25, -0.2) is 0 Å². The van der Waals surface area contributed by atoms with Crippen LogP contribution in [-0.2, 0) is 14.3 Å². The summed E-state index contributed by atoms with van der Waals surface area (Å²) in [5, 5.41) is 2.86. The zero-order valence-corrected chi connectivity index (χ0v) is 9.78. The van der Waals surface area contributed by atoms with E-state index in [0.717, 1.165) is 45.7 Å². The molecule has 1 unspecified atom stereocenters. The van der Waals surface area contributed by atoms with E-state index < -0.39 is 0 Å². The molecule has 2 aliphatic heterocycles. The number of rotatable bonds is 3. The summed E-state index contributed by atoms with van der Waals surface area (Å²) in [5.41, 5.74) is 0. The minimum Gasteiger partial charge on any atom is -0.353 e. The number of nitrogens with zero attached hydrogens (tertiary/aromatic N) is 1. The first-order valence-corrected chi connectivity index (χ1v) is 6.02. The van der Waals surface area contributed by atoms with Crippen molar-refractivity contribution in [3.8, 4) is 0 Å². The van der Waals surface area contributed by atoms with E-state index in [0.29, 0.717) is 0 Å². The van der Waals surface area contributed by atoms with Gasteiger partial charge >= 0.3 is 0 Å². The Hall–Kier alpha value is -0.650. The third kappa shape index (κ3) is 2.93. The Kier molecular flexibility index (Phi) is 4.15. The molecule has 0 aliphatic carbocycles. The number of hydrogen-bond donors (Lipinski definition) is 1. The molecule has 2 aliphatic rings. The smallest absolute Gasteiger partial charge is 0.237 e. The van der Waals surface area contributed by atoms with Crippen molar-refractivity contribution in [1.29, 1.82) is 0 Å². The maximum absolute atomic E-state index is 11.4. The zero-order valence-electron chi connectivity index (χ0n) is 9.78. The fourth-order valence-electron chi connectivity index (χ4n) is 2.11. The molecule has 16 heavy (non-hydrogen) atoms. The van der Waals surface area contributed by atoms with Gasteiger partial charge in [0.2, 0.25) is 5.91 Å². The summed E-state index contributed by atoms with van der Waals surface area (Å²) < 4.78 is 11.0. The lowest BCUT2D eigenvalue weighted by atomic mass is 10.2. The van der Waals surface area contributed by atoms with E-state index in [4.69, 9.17) is 9.47 Å². The van der Waals surface area contributed by atoms with Crippen LogP contribution < -0.4 is 5.32 Å². The quantitative estimate of drug-likeness (QED) is 0.736. The van der Waals surface area contributed by atoms with Crippen molar-refractivity contribution in [3.05, 3.63) is 0 Å². The van der Waals surface area contributed by atoms with E-state index in [-0.39, 0.29) is 18.2 Å². The summed E-state index contributed by atoms with van der Waals surface area (Å²) in [5.74, 6) is 0.122. The van der Waals surface area contributed by atoms with Gasteiger partial charge in [0, 0.05) is 26.1 Å². The molecule has 0 aromatic carbocycles.